The van der Waals surface area contributed by atoms with Crippen LogP contribution in [0.3, 0.4) is 0 Å². The van der Waals surface area contributed by atoms with Crippen molar-refractivity contribution in [3.63, 3.8) is 0 Å². The first-order valence-electron chi connectivity index (χ1n) is 6.26. The third kappa shape index (κ3) is 3.81. The molecule has 0 saturated heterocycles. The van der Waals surface area contributed by atoms with Crippen molar-refractivity contribution in [2.24, 2.45) is 0 Å². The van der Waals surface area contributed by atoms with E-state index in [2.05, 4.69) is 23.1 Å². The summed E-state index contributed by atoms with van der Waals surface area (Å²) >= 11 is 0. The maximum absolute atomic E-state index is 8.69. The average Bonchev–Trinajstić information content (AvgIpc) is 2.91. The van der Waals surface area contributed by atoms with E-state index in [1.807, 2.05) is 0 Å². The molecule has 2 rings (SSSR count). The van der Waals surface area contributed by atoms with Gasteiger partial charge >= 0.3 is 0 Å². The first-order valence-corrected chi connectivity index (χ1v) is 6.26. The highest BCUT2D eigenvalue weighted by Crippen LogP contribution is 2.13. The predicted molar refractivity (Wildman–Crippen MR) is 68.4 cm³/mol. The Morgan fingerprint density at radius 3 is 2.79 bits per heavy atom. The van der Waals surface area contributed by atoms with Gasteiger partial charge in [-0.3, -0.25) is 0 Å². The lowest BCUT2D eigenvalue weighted by atomic mass is 10.2. The van der Waals surface area contributed by atoms with E-state index in [1.54, 1.807) is 24.3 Å². The molecule has 0 atom stereocenters. The highest BCUT2D eigenvalue weighted by atomic mass is 16.5. The lowest BCUT2D eigenvalue weighted by Gasteiger charge is -2.01. The quantitative estimate of drug-likeness (QED) is 0.795. The van der Waals surface area contributed by atoms with Crippen LogP contribution in [-0.2, 0) is 13.0 Å². The highest BCUT2D eigenvalue weighted by molar-refractivity contribution is 5.34. The summed E-state index contributed by atoms with van der Waals surface area (Å²) in [4.78, 5) is 4.24. The molecule has 0 bridgehead atoms. The van der Waals surface area contributed by atoms with Crippen LogP contribution in [0.2, 0.25) is 0 Å². The monoisotopic (exact) mass is 257 g/mol. The Hall–Kier alpha value is -2.35. The van der Waals surface area contributed by atoms with Gasteiger partial charge in [-0.2, -0.15) is 10.2 Å². The Morgan fingerprint density at radius 1 is 1.32 bits per heavy atom. The molecule has 0 aliphatic carbocycles. The van der Waals surface area contributed by atoms with Crippen LogP contribution in [0.5, 0.6) is 5.75 Å². The van der Waals surface area contributed by atoms with Gasteiger partial charge in [0.05, 0.1) is 11.6 Å². The van der Waals surface area contributed by atoms with Gasteiger partial charge in [0, 0.05) is 6.42 Å². The molecule has 2 aromatic rings. The maximum Gasteiger partial charge on any atom is 0.264 e. The van der Waals surface area contributed by atoms with Gasteiger partial charge < -0.3 is 9.26 Å². The minimum absolute atomic E-state index is 0.241. The van der Waals surface area contributed by atoms with Crippen LogP contribution in [0.4, 0.5) is 0 Å². The van der Waals surface area contributed by atoms with Crippen LogP contribution in [0.25, 0.3) is 0 Å². The van der Waals surface area contributed by atoms with Crippen molar-refractivity contribution in [1.29, 1.82) is 5.26 Å². The molecule has 0 saturated carbocycles. The third-order valence-corrected chi connectivity index (χ3v) is 2.61. The largest absolute Gasteiger partial charge is 0.484 e. The van der Waals surface area contributed by atoms with Crippen molar-refractivity contribution in [3.05, 3.63) is 41.5 Å². The molecule has 0 aliphatic heterocycles. The smallest absolute Gasteiger partial charge is 0.264 e. The highest BCUT2D eigenvalue weighted by Gasteiger charge is 2.06. The van der Waals surface area contributed by atoms with Gasteiger partial charge in [-0.15, -0.1) is 0 Å². The maximum atomic E-state index is 8.69. The van der Waals surface area contributed by atoms with Gasteiger partial charge in [-0.1, -0.05) is 18.5 Å². The fourth-order valence-corrected chi connectivity index (χ4v) is 1.56. The Labute approximate surface area is 111 Å². The molecule has 1 aromatic heterocycles. The summed E-state index contributed by atoms with van der Waals surface area (Å²) in [6, 6.07) is 8.95. The Kier molecular flexibility index (Phi) is 4.51. The van der Waals surface area contributed by atoms with Crippen molar-refractivity contribution in [1.82, 2.24) is 10.1 Å². The number of nitriles is 1. The van der Waals surface area contributed by atoms with E-state index in [1.165, 1.54) is 0 Å². The van der Waals surface area contributed by atoms with Crippen molar-refractivity contribution in [2.45, 2.75) is 32.8 Å². The summed E-state index contributed by atoms with van der Waals surface area (Å²) in [6.45, 7) is 2.36. The minimum Gasteiger partial charge on any atom is -0.484 e. The molecule has 5 nitrogen and oxygen atoms in total. The Bertz CT molecular complexity index is 555. The summed E-state index contributed by atoms with van der Waals surface area (Å²) in [5, 5.41) is 12.6. The number of rotatable bonds is 6. The standard InChI is InChI=1S/C14H15N3O2/c1-2-3-4-13-16-14(19-17-13)10-18-12-7-5-11(9-15)6-8-12/h5-8H,2-4,10H2,1H3. The molecular weight excluding hydrogens is 242 g/mol. The molecular formula is C14H15N3O2. The lowest BCUT2D eigenvalue weighted by Crippen LogP contribution is -1.96. The Morgan fingerprint density at radius 2 is 2.11 bits per heavy atom. The average molecular weight is 257 g/mol. The molecule has 0 unspecified atom stereocenters. The van der Waals surface area contributed by atoms with Crippen LogP contribution >= 0.6 is 0 Å². The lowest BCUT2D eigenvalue weighted by molar-refractivity contribution is 0.242. The molecule has 19 heavy (non-hydrogen) atoms. The second kappa shape index (κ2) is 6.55. The summed E-state index contributed by atoms with van der Waals surface area (Å²) in [7, 11) is 0. The zero-order valence-corrected chi connectivity index (χ0v) is 10.8. The summed E-state index contributed by atoms with van der Waals surface area (Å²) in [5.74, 6) is 1.86. The molecule has 98 valence electrons. The number of hydrogen-bond donors (Lipinski definition) is 0. The van der Waals surface area contributed by atoms with Gasteiger partial charge in [-0.05, 0) is 30.7 Å². The number of benzene rings is 1. The van der Waals surface area contributed by atoms with Crippen LogP contribution in [0.1, 0.15) is 37.0 Å². The summed E-state index contributed by atoms with van der Waals surface area (Å²) in [6.07, 6.45) is 2.98. The van der Waals surface area contributed by atoms with Gasteiger partial charge in [-0.25, -0.2) is 0 Å². The van der Waals surface area contributed by atoms with E-state index in [9.17, 15) is 0 Å². The molecule has 0 fully saturated rings. The first kappa shape index (κ1) is 13.1. The fourth-order valence-electron chi connectivity index (χ4n) is 1.56. The normalized spacial score (nSPS) is 10.1. The molecule has 1 heterocycles. The van der Waals surface area contributed by atoms with E-state index in [-0.39, 0.29) is 6.61 Å². The van der Waals surface area contributed by atoms with Crippen LogP contribution in [-0.4, -0.2) is 10.1 Å². The van der Waals surface area contributed by atoms with Crippen molar-refractivity contribution < 1.29 is 9.26 Å². The fraction of sp³-hybridized carbons (Fsp3) is 0.357. The molecule has 0 spiro atoms. The number of hydrogen-bond acceptors (Lipinski definition) is 5. The van der Waals surface area contributed by atoms with E-state index in [4.69, 9.17) is 14.5 Å². The number of aromatic nitrogens is 2. The molecule has 5 heteroatoms. The number of aryl methyl sites for hydroxylation is 1. The number of nitrogens with zero attached hydrogens (tertiary/aromatic N) is 3. The van der Waals surface area contributed by atoms with E-state index < -0.39 is 0 Å². The second-order valence-electron chi connectivity index (χ2n) is 4.13. The number of unbranched alkanes of at least 4 members (excludes halogenated alkanes) is 1. The van der Waals surface area contributed by atoms with Crippen LogP contribution in [0, 0.1) is 11.3 Å². The van der Waals surface area contributed by atoms with Crippen molar-refractivity contribution >= 4 is 0 Å². The van der Waals surface area contributed by atoms with Crippen LogP contribution in [0.15, 0.2) is 28.8 Å². The minimum atomic E-state index is 0.241. The molecule has 0 N–H and O–H groups in total. The number of ether oxygens (including phenoxy) is 1. The SMILES string of the molecule is CCCCc1noc(COc2ccc(C#N)cc2)n1. The zero-order chi connectivity index (χ0) is 13.5. The summed E-state index contributed by atoms with van der Waals surface area (Å²) < 4.78 is 10.6. The van der Waals surface area contributed by atoms with Crippen molar-refractivity contribution in [3.8, 4) is 11.8 Å². The molecule has 1 aromatic carbocycles. The van der Waals surface area contributed by atoms with Gasteiger partial charge in [0.2, 0.25) is 0 Å². The first-order chi connectivity index (χ1) is 9.31. The van der Waals surface area contributed by atoms with Gasteiger partial charge in [0.1, 0.15) is 5.75 Å². The topological polar surface area (TPSA) is 71.9 Å². The van der Waals surface area contributed by atoms with E-state index in [0.29, 0.717) is 17.2 Å². The molecule has 0 aliphatic rings. The predicted octanol–water partition coefficient (Wildman–Crippen LogP) is 2.86. The van der Waals surface area contributed by atoms with E-state index >= 15 is 0 Å². The third-order valence-electron chi connectivity index (χ3n) is 2.61. The van der Waals surface area contributed by atoms with Gasteiger partial charge in [0.25, 0.3) is 5.89 Å². The van der Waals surface area contributed by atoms with Gasteiger partial charge in [0.15, 0.2) is 12.4 Å². The van der Waals surface area contributed by atoms with Crippen LogP contribution < -0.4 is 4.74 Å². The van der Waals surface area contributed by atoms with E-state index in [0.717, 1.165) is 25.1 Å². The Balaban J connectivity index is 1.87. The summed E-state index contributed by atoms with van der Waals surface area (Å²) in [5.41, 5.74) is 0.604. The molecule has 0 amide bonds. The second-order valence-corrected chi connectivity index (χ2v) is 4.13. The van der Waals surface area contributed by atoms with Crippen molar-refractivity contribution in [2.75, 3.05) is 0 Å². The zero-order valence-electron chi connectivity index (χ0n) is 10.8. The molecule has 0 radical (unpaired) electrons.